The fourth-order valence-electron chi connectivity index (χ4n) is 3.78. The zero-order chi connectivity index (χ0) is 23.1. The second-order valence-electron chi connectivity index (χ2n) is 8.49. The molecule has 1 atom stereocenters. The van der Waals surface area contributed by atoms with E-state index in [1.807, 2.05) is 35.2 Å². The van der Waals surface area contributed by atoms with Gasteiger partial charge in [0.1, 0.15) is 11.2 Å². The van der Waals surface area contributed by atoms with Crippen LogP contribution in [0.1, 0.15) is 44.5 Å². The molecule has 1 aromatic carbocycles. The molecule has 0 radical (unpaired) electrons. The van der Waals surface area contributed by atoms with Crippen LogP contribution < -0.4 is 10.5 Å². The van der Waals surface area contributed by atoms with Crippen molar-refractivity contribution in [3.8, 4) is 0 Å². The molecule has 3 heterocycles. The van der Waals surface area contributed by atoms with Crippen molar-refractivity contribution < 1.29 is 18.0 Å². The summed E-state index contributed by atoms with van der Waals surface area (Å²) in [6.45, 7) is 2.54. The van der Waals surface area contributed by atoms with Crippen molar-refractivity contribution in [3.05, 3.63) is 52.1 Å². The summed E-state index contributed by atoms with van der Waals surface area (Å²) in [7, 11) is 0. The number of Topliss-reactive ketones (excluding diaryl/α,β-unsaturated/α-hetero) is 1. The highest BCUT2D eigenvalue weighted by molar-refractivity contribution is 7.21. The monoisotopic (exact) mass is 464 g/mol. The van der Waals surface area contributed by atoms with Crippen LogP contribution >= 0.6 is 11.3 Å². The SMILES string of the molecule is CC(C)(c1nc2sc(N3CCC[C@@H]3C(=O)CCc3ccccc3)nc2c(=O)[nH]1)C(F)(F)F. The van der Waals surface area contributed by atoms with Crippen LogP contribution in [0.15, 0.2) is 35.1 Å². The first kappa shape index (κ1) is 22.4. The highest BCUT2D eigenvalue weighted by atomic mass is 32.1. The predicted molar refractivity (Wildman–Crippen MR) is 117 cm³/mol. The summed E-state index contributed by atoms with van der Waals surface area (Å²) < 4.78 is 40.3. The fourth-order valence-corrected chi connectivity index (χ4v) is 4.80. The van der Waals surface area contributed by atoms with Crippen LogP contribution in [0.3, 0.4) is 0 Å². The number of fused-ring (bicyclic) bond motifs is 1. The standard InChI is InChI=1S/C22H23F3N4O2S/c1-21(2,22(23,24)25)19-27-17(31)16-18(28-19)32-20(26-16)29-12-6-9-14(29)15(30)11-10-13-7-4-3-5-8-13/h3-5,7-8,14H,6,9-12H2,1-2H3,(H,27,28,31)/t14-/m1/s1. The van der Waals surface area contributed by atoms with Crippen molar-refractivity contribution in [1.82, 2.24) is 15.0 Å². The van der Waals surface area contributed by atoms with E-state index in [1.54, 1.807) is 0 Å². The van der Waals surface area contributed by atoms with Gasteiger partial charge >= 0.3 is 6.18 Å². The molecule has 0 saturated carbocycles. The van der Waals surface area contributed by atoms with Gasteiger partial charge in [0.2, 0.25) is 0 Å². The Kier molecular flexibility index (Phi) is 5.83. The Hall–Kier alpha value is -2.75. The molecule has 1 N–H and O–H groups in total. The van der Waals surface area contributed by atoms with Gasteiger partial charge in [0.15, 0.2) is 21.3 Å². The first-order chi connectivity index (χ1) is 15.1. The Bertz CT molecular complexity index is 1190. The van der Waals surface area contributed by atoms with Gasteiger partial charge in [-0.25, -0.2) is 9.97 Å². The van der Waals surface area contributed by atoms with Gasteiger partial charge in [0, 0.05) is 13.0 Å². The Balaban J connectivity index is 1.59. The molecule has 32 heavy (non-hydrogen) atoms. The fraction of sp³-hybridized carbons (Fsp3) is 0.455. The molecule has 1 fully saturated rings. The molecule has 1 aliphatic heterocycles. The van der Waals surface area contributed by atoms with E-state index in [0.717, 1.165) is 37.2 Å². The molecule has 0 bridgehead atoms. The highest BCUT2D eigenvalue weighted by Gasteiger charge is 2.50. The van der Waals surface area contributed by atoms with Crippen LogP contribution in [0.25, 0.3) is 10.3 Å². The van der Waals surface area contributed by atoms with Crippen LogP contribution in [0.5, 0.6) is 0 Å². The van der Waals surface area contributed by atoms with E-state index < -0.39 is 23.0 Å². The van der Waals surface area contributed by atoms with Crippen molar-refractivity contribution >= 4 is 32.6 Å². The number of H-pyrrole nitrogens is 1. The van der Waals surface area contributed by atoms with Crippen molar-refractivity contribution in [3.63, 3.8) is 0 Å². The number of anilines is 1. The number of hydrogen-bond acceptors (Lipinski definition) is 6. The molecular formula is C22H23F3N4O2S. The number of halogens is 3. The third kappa shape index (κ3) is 4.15. The minimum absolute atomic E-state index is 0.00545. The number of benzene rings is 1. The Morgan fingerprint density at radius 2 is 1.94 bits per heavy atom. The topological polar surface area (TPSA) is 79.0 Å². The average Bonchev–Trinajstić information content (AvgIpc) is 3.39. The van der Waals surface area contributed by atoms with Gasteiger partial charge in [-0.2, -0.15) is 13.2 Å². The van der Waals surface area contributed by atoms with Gasteiger partial charge in [-0.15, -0.1) is 0 Å². The van der Waals surface area contributed by atoms with E-state index in [1.165, 1.54) is 0 Å². The molecule has 0 unspecified atom stereocenters. The molecule has 4 rings (SSSR count). The van der Waals surface area contributed by atoms with Crippen molar-refractivity contribution in [1.29, 1.82) is 0 Å². The lowest BCUT2D eigenvalue weighted by molar-refractivity contribution is -0.182. The first-order valence-corrected chi connectivity index (χ1v) is 11.2. The second kappa shape index (κ2) is 8.31. The molecule has 1 saturated heterocycles. The van der Waals surface area contributed by atoms with Crippen molar-refractivity contribution in [2.45, 2.75) is 57.2 Å². The molecule has 0 spiro atoms. The van der Waals surface area contributed by atoms with Gasteiger partial charge in [-0.1, -0.05) is 41.7 Å². The third-order valence-electron chi connectivity index (χ3n) is 5.93. The summed E-state index contributed by atoms with van der Waals surface area (Å²) in [6.07, 6.45) is -2.07. The number of aromatic nitrogens is 3. The Morgan fingerprint density at radius 3 is 2.62 bits per heavy atom. The van der Waals surface area contributed by atoms with Crippen molar-refractivity contribution in [2.75, 3.05) is 11.4 Å². The summed E-state index contributed by atoms with van der Waals surface area (Å²) in [4.78, 5) is 38.0. The number of nitrogens with zero attached hydrogens (tertiary/aromatic N) is 3. The number of rotatable bonds is 6. The third-order valence-corrected chi connectivity index (χ3v) is 6.92. The zero-order valence-electron chi connectivity index (χ0n) is 17.7. The largest absolute Gasteiger partial charge is 0.400 e. The summed E-state index contributed by atoms with van der Waals surface area (Å²) in [6, 6.07) is 9.39. The molecule has 170 valence electrons. The number of carbonyl (C=O) groups is 1. The van der Waals surface area contributed by atoms with E-state index >= 15 is 0 Å². The summed E-state index contributed by atoms with van der Waals surface area (Å²) in [5.74, 6) is -0.360. The molecule has 1 aliphatic rings. The maximum atomic E-state index is 13.4. The molecule has 0 amide bonds. The highest BCUT2D eigenvalue weighted by Crippen LogP contribution is 2.39. The van der Waals surface area contributed by atoms with Crippen LogP contribution in [-0.2, 0) is 16.6 Å². The molecule has 3 aromatic rings. The quantitative estimate of drug-likeness (QED) is 0.585. The number of alkyl halides is 3. The minimum atomic E-state index is -4.57. The van der Waals surface area contributed by atoms with Crippen LogP contribution in [0.2, 0.25) is 0 Å². The molecule has 2 aromatic heterocycles. The van der Waals surface area contributed by atoms with E-state index in [0.29, 0.717) is 30.9 Å². The maximum Gasteiger partial charge on any atom is 0.400 e. The molecule has 10 heteroatoms. The number of carbonyl (C=O) groups excluding carboxylic acids is 1. The smallest absolute Gasteiger partial charge is 0.338 e. The number of aryl methyl sites for hydroxylation is 1. The lowest BCUT2D eigenvalue weighted by Gasteiger charge is -2.26. The number of thiazole rings is 1. The predicted octanol–water partition coefficient (Wildman–Crippen LogP) is 4.39. The first-order valence-electron chi connectivity index (χ1n) is 10.4. The number of aromatic amines is 1. The summed E-state index contributed by atoms with van der Waals surface area (Å²) in [5, 5.41) is 0.440. The van der Waals surface area contributed by atoms with Crippen LogP contribution in [0, 0.1) is 0 Å². The molecular weight excluding hydrogens is 441 g/mol. The van der Waals surface area contributed by atoms with Gasteiger partial charge < -0.3 is 9.88 Å². The number of hydrogen-bond donors (Lipinski definition) is 1. The minimum Gasteiger partial charge on any atom is -0.338 e. The van der Waals surface area contributed by atoms with Gasteiger partial charge in [0.05, 0.1) is 6.04 Å². The molecule has 6 nitrogen and oxygen atoms in total. The number of nitrogens with one attached hydrogen (secondary N) is 1. The summed E-state index contributed by atoms with van der Waals surface area (Å²) >= 11 is 1.05. The van der Waals surface area contributed by atoms with E-state index in [4.69, 9.17) is 0 Å². The van der Waals surface area contributed by atoms with E-state index in [2.05, 4.69) is 15.0 Å². The normalized spacial score (nSPS) is 17.3. The van der Waals surface area contributed by atoms with Gasteiger partial charge in [-0.3, -0.25) is 9.59 Å². The molecule has 0 aliphatic carbocycles. The summed E-state index contributed by atoms with van der Waals surface area (Å²) in [5.41, 5.74) is -1.94. The lowest BCUT2D eigenvalue weighted by atomic mass is 9.91. The number of ketones is 1. The van der Waals surface area contributed by atoms with Crippen LogP contribution in [0.4, 0.5) is 18.3 Å². The van der Waals surface area contributed by atoms with Crippen LogP contribution in [-0.4, -0.2) is 39.5 Å². The van der Waals surface area contributed by atoms with E-state index in [9.17, 15) is 22.8 Å². The second-order valence-corrected chi connectivity index (χ2v) is 9.45. The maximum absolute atomic E-state index is 13.4. The van der Waals surface area contributed by atoms with Gasteiger partial charge in [0.25, 0.3) is 5.56 Å². The Morgan fingerprint density at radius 1 is 1.22 bits per heavy atom. The van der Waals surface area contributed by atoms with E-state index in [-0.39, 0.29) is 22.2 Å². The Labute approximate surface area is 186 Å². The zero-order valence-corrected chi connectivity index (χ0v) is 18.5. The lowest BCUT2D eigenvalue weighted by Crippen LogP contribution is -2.39. The van der Waals surface area contributed by atoms with Gasteiger partial charge in [-0.05, 0) is 38.7 Å². The van der Waals surface area contributed by atoms with Crippen molar-refractivity contribution in [2.24, 2.45) is 0 Å². The average molecular weight is 465 g/mol.